The summed E-state index contributed by atoms with van der Waals surface area (Å²) in [4.78, 5) is 41.3. The Hall–Kier alpha value is -3.38. The molecule has 1 aromatic carbocycles. The molecule has 2 unspecified atom stereocenters. The minimum Gasteiger partial charge on any atom is -0.542 e. The van der Waals surface area contributed by atoms with Gasteiger partial charge in [0.15, 0.2) is 0 Å². The van der Waals surface area contributed by atoms with Crippen molar-refractivity contribution in [3.63, 3.8) is 0 Å². The second-order valence-corrected chi connectivity index (χ2v) is 13.6. The van der Waals surface area contributed by atoms with Gasteiger partial charge >= 0.3 is 12.3 Å². The summed E-state index contributed by atoms with van der Waals surface area (Å²) in [6.07, 6.45) is 4.34. The molecule has 4 aliphatic rings. The van der Waals surface area contributed by atoms with Crippen molar-refractivity contribution in [1.82, 2.24) is 10.2 Å². The number of ether oxygens (including phenoxy) is 1. The van der Waals surface area contributed by atoms with E-state index in [1.165, 1.54) is 44.8 Å². The van der Waals surface area contributed by atoms with Crippen LogP contribution in [0.2, 0.25) is 5.15 Å². The summed E-state index contributed by atoms with van der Waals surface area (Å²) in [7, 11) is 1.38. The Bertz CT molecular complexity index is 1420. The Morgan fingerprint density at radius 3 is 2.43 bits per heavy atom. The van der Waals surface area contributed by atoms with Gasteiger partial charge in [-0.3, -0.25) is 4.79 Å². The first kappa shape index (κ1) is 34.9. The Morgan fingerprint density at radius 2 is 1.77 bits per heavy atom. The third-order valence-electron chi connectivity index (χ3n) is 10.7. The number of nitrogens with zero attached hydrogens (tertiary/aromatic N) is 1. The molecule has 2 aliphatic heterocycles. The van der Waals surface area contributed by atoms with E-state index in [0.717, 1.165) is 56.6 Å². The van der Waals surface area contributed by atoms with Crippen LogP contribution in [-0.4, -0.2) is 61.8 Å². The highest BCUT2D eigenvalue weighted by Gasteiger charge is 2.58. The lowest BCUT2D eigenvalue weighted by Gasteiger charge is -2.47. The van der Waals surface area contributed by atoms with Crippen molar-refractivity contribution in [2.24, 2.45) is 11.8 Å². The zero-order valence-electron chi connectivity index (χ0n) is 26.5. The first-order valence-electron chi connectivity index (χ1n) is 16.5. The van der Waals surface area contributed by atoms with Gasteiger partial charge in [-0.05, 0) is 73.6 Å². The first-order valence-corrected chi connectivity index (χ1v) is 16.8. The second kappa shape index (κ2) is 14.8. The monoisotopic (exact) mass is 679 g/mol. The van der Waals surface area contributed by atoms with E-state index < -0.39 is 18.2 Å². The fraction of sp³-hybridized carbons (Fsp3) is 0.588. The highest BCUT2D eigenvalue weighted by Crippen LogP contribution is 2.48. The predicted molar refractivity (Wildman–Crippen MR) is 164 cm³/mol. The van der Waals surface area contributed by atoms with Crippen molar-refractivity contribution in [2.45, 2.75) is 87.4 Å². The average Bonchev–Trinajstić information content (AvgIpc) is 3.50. The van der Waals surface area contributed by atoms with Crippen LogP contribution in [0.1, 0.15) is 86.6 Å². The highest BCUT2D eigenvalue weighted by atomic mass is 35.5. The summed E-state index contributed by atoms with van der Waals surface area (Å²) in [5.74, 6) is -1.67. The van der Waals surface area contributed by atoms with Crippen LogP contribution in [0.3, 0.4) is 0 Å². The van der Waals surface area contributed by atoms with Gasteiger partial charge < -0.3 is 30.2 Å². The van der Waals surface area contributed by atoms with Crippen molar-refractivity contribution < 1.29 is 47.7 Å². The Morgan fingerprint density at radius 1 is 1.06 bits per heavy atom. The van der Waals surface area contributed by atoms with Gasteiger partial charge in [0, 0.05) is 24.2 Å². The topological polar surface area (TPSA) is 130 Å². The summed E-state index contributed by atoms with van der Waals surface area (Å²) in [5, 5.41) is 14.6. The number of nitrogens with two attached hydrogens (primary N) is 1. The number of carbonyl (C=O) groups is 3. The number of carboxylic acids is 1. The number of alkyl halides is 3. The van der Waals surface area contributed by atoms with E-state index in [2.05, 4.69) is 56.9 Å². The predicted octanol–water partition coefficient (Wildman–Crippen LogP) is 3.43. The largest absolute Gasteiger partial charge is 0.542 e. The Balaban J connectivity index is 0.000000559. The molecule has 3 heterocycles. The zero-order valence-corrected chi connectivity index (χ0v) is 27.2. The van der Waals surface area contributed by atoms with E-state index in [4.69, 9.17) is 26.2 Å². The van der Waals surface area contributed by atoms with Gasteiger partial charge in [0.25, 0.3) is 5.15 Å². The third-order valence-corrected chi connectivity index (χ3v) is 10.9. The number of carbonyl (C=O) groups excluding carboxylic acids is 3. The Kier molecular flexibility index (Phi) is 11.0. The van der Waals surface area contributed by atoms with E-state index in [9.17, 15) is 22.8 Å². The normalized spacial score (nSPS) is 27.7. The summed E-state index contributed by atoms with van der Waals surface area (Å²) >= 11 is 6.41. The molecule has 2 aliphatic carbocycles. The molecular weight excluding hydrogens is 637 g/mol. The van der Waals surface area contributed by atoms with Gasteiger partial charge in [-0.1, -0.05) is 49.6 Å². The summed E-state index contributed by atoms with van der Waals surface area (Å²) in [6.45, 7) is 2.50. The van der Waals surface area contributed by atoms with Crippen LogP contribution in [0.4, 0.5) is 18.0 Å². The molecule has 6 rings (SSSR count). The zero-order chi connectivity index (χ0) is 33.8. The quantitative estimate of drug-likeness (QED) is 0.479. The maximum Gasteiger partial charge on any atom is 0.430 e. The minimum atomic E-state index is -5.19. The fourth-order valence-corrected chi connectivity index (χ4v) is 8.64. The highest BCUT2D eigenvalue weighted by molar-refractivity contribution is 6.28. The second-order valence-electron chi connectivity index (χ2n) is 13.2. The van der Waals surface area contributed by atoms with Gasteiger partial charge in [0.1, 0.15) is 17.9 Å². The molecule has 5 atom stereocenters. The number of carboxylic acid groups (broad SMARTS) is 1. The average molecular weight is 680 g/mol. The molecule has 1 saturated carbocycles. The number of rotatable bonds is 4. The number of aromatic amines is 1. The maximum atomic E-state index is 14.7. The molecule has 2 saturated heterocycles. The molecule has 0 bridgehead atoms. The van der Waals surface area contributed by atoms with Crippen LogP contribution < -0.4 is 20.7 Å². The van der Waals surface area contributed by atoms with Crippen molar-refractivity contribution in [3.8, 4) is 0 Å². The number of halogens is 4. The summed E-state index contributed by atoms with van der Waals surface area (Å²) in [6, 6.07) is 15.0. The number of fused-ring (bicyclic) bond motifs is 2. The van der Waals surface area contributed by atoms with Gasteiger partial charge in [0.2, 0.25) is 11.6 Å². The van der Waals surface area contributed by atoms with Crippen molar-refractivity contribution in [1.29, 1.82) is 0 Å². The number of piperidine rings is 1. The van der Waals surface area contributed by atoms with Crippen molar-refractivity contribution >= 4 is 29.6 Å². The summed E-state index contributed by atoms with van der Waals surface area (Å²) in [5.41, 5.74) is 3.16. The van der Waals surface area contributed by atoms with Crippen molar-refractivity contribution in [2.75, 3.05) is 26.7 Å². The molecule has 0 radical (unpaired) electrons. The number of pyridine rings is 1. The lowest BCUT2D eigenvalue weighted by molar-refractivity contribution is -0.640. The molecule has 47 heavy (non-hydrogen) atoms. The van der Waals surface area contributed by atoms with E-state index in [1.54, 1.807) is 0 Å². The lowest BCUT2D eigenvalue weighted by Crippen LogP contribution is -2.82. The maximum absolute atomic E-state index is 14.7. The van der Waals surface area contributed by atoms with E-state index >= 15 is 0 Å². The number of aromatic nitrogens is 1. The molecule has 2 amide bonds. The molecule has 2 aromatic rings. The molecule has 13 heteroatoms. The molecule has 1 aromatic heterocycles. The van der Waals surface area contributed by atoms with Crippen LogP contribution in [0.15, 0.2) is 42.5 Å². The van der Waals surface area contributed by atoms with E-state index in [-0.39, 0.29) is 17.4 Å². The first-order chi connectivity index (χ1) is 22.4. The van der Waals surface area contributed by atoms with Crippen LogP contribution in [0, 0.1) is 11.8 Å². The van der Waals surface area contributed by atoms with Gasteiger partial charge in [-0.2, -0.15) is 18.2 Å². The van der Waals surface area contributed by atoms with Gasteiger partial charge in [-0.15, -0.1) is 0 Å². The number of nitrogens with one attached hydrogen (secondary N) is 2. The standard InChI is InChI=1S/C32H41ClN4O3.C2HF3O2/c1-40-31(39)35-26-14-16-32(24-12-13-28(33)36-29(24)26)20-34-19-25(32)30(38)37-17-15-23(21-8-4-2-5-9-21)18-27(37)22-10-6-3-7-11-22;3-2(4,5)1(6)7/h2,4-5,8-9,12-13,22-23,25-27,34H,3,6-7,10-11,14-20H2,1H3,(H,35,39);(H,6,7)/p+1/t23-,25?,26?,27+,32+;/m1./s1. The van der Waals surface area contributed by atoms with Gasteiger partial charge in [-0.25, -0.2) is 4.79 Å². The van der Waals surface area contributed by atoms with E-state index in [0.29, 0.717) is 28.9 Å². The smallest absolute Gasteiger partial charge is 0.430 e. The SMILES string of the molecule is COC(=O)NC1CC[C@]2(C[NH2+]CC2C(=O)N2CC[C@@H](c3ccccc3)C[C@H]2C2CCCCC2)c2ccc(Cl)[nH+]c21.O=C([O-])C(F)(F)F. The molecule has 9 nitrogen and oxygen atoms in total. The number of amides is 2. The number of likely N-dealkylation sites (tertiary alicyclic amines) is 1. The number of aliphatic carboxylic acids is 1. The van der Waals surface area contributed by atoms with Gasteiger partial charge in [0.05, 0.1) is 25.6 Å². The third kappa shape index (κ3) is 7.69. The van der Waals surface area contributed by atoms with E-state index in [1.807, 2.05) is 6.07 Å². The number of methoxy groups -OCH3 is 1. The summed E-state index contributed by atoms with van der Waals surface area (Å²) < 4.78 is 36.4. The molecule has 1 spiro atoms. The van der Waals surface area contributed by atoms with Crippen LogP contribution in [0.25, 0.3) is 0 Å². The number of hydrogen-bond donors (Lipinski definition) is 2. The molecular formula is C34H43ClF3N4O5+. The molecule has 256 valence electrons. The molecule has 4 N–H and O–H groups in total. The number of hydrogen-bond acceptors (Lipinski definition) is 5. The number of H-pyrrole nitrogens is 1. The lowest BCUT2D eigenvalue weighted by atomic mass is 9.63. The molecule has 3 fully saturated rings. The number of benzene rings is 1. The van der Waals surface area contributed by atoms with Crippen LogP contribution >= 0.6 is 11.6 Å². The Labute approximate surface area is 277 Å². The number of quaternary nitrogens is 1. The van der Waals surface area contributed by atoms with Crippen LogP contribution in [0.5, 0.6) is 0 Å². The number of alkyl carbamates (subject to hydrolysis) is 1. The van der Waals surface area contributed by atoms with Crippen LogP contribution in [-0.2, 0) is 19.7 Å². The van der Waals surface area contributed by atoms with Crippen molar-refractivity contribution in [3.05, 3.63) is 64.4 Å². The minimum absolute atomic E-state index is 0.0979. The fourth-order valence-electron chi connectivity index (χ4n) is 8.47.